The van der Waals surface area contributed by atoms with E-state index in [2.05, 4.69) is 38.2 Å². The third kappa shape index (κ3) is 3.26. The summed E-state index contributed by atoms with van der Waals surface area (Å²) < 4.78 is 0. The molecule has 0 spiro atoms. The maximum absolute atomic E-state index is 6.05. The Kier molecular flexibility index (Phi) is 4.28. The Morgan fingerprint density at radius 2 is 1.83 bits per heavy atom. The summed E-state index contributed by atoms with van der Waals surface area (Å²) in [5, 5.41) is 3.64. The van der Waals surface area contributed by atoms with E-state index in [1.54, 1.807) is 0 Å². The second-order valence-corrected chi connectivity index (χ2v) is 5.95. The average Bonchev–Trinajstić information content (AvgIpc) is 2.27. The van der Waals surface area contributed by atoms with Crippen LogP contribution in [-0.4, -0.2) is 12.6 Å². The first kappa shape index (κ1) is 13.4. The van der Waals surface area contributed by atoms with Crippen molar-refractivity contribution in [2.45, 2.75) is 52.5 Å². The number of rotatable bonds is 3. The maximum atomic E-state index is 6.05. The normalized spacial score (nSPS) is 24.0. The van der Waals surface area contributed by atoms with Gasteiger partial charge < -0.3 is 11.1 Å². The van der Waals surface area contributed by atoms with Crippen molar-refractivity contribution in [2.75, 3.05) is 11.9 Å². The number of hydrogen-bond donors (Lipinski definition) is 2. The van der Waals surface area contributed by atoms with E-state index in [0.29, 0.717) is 6.04 Å². The molecule has 1 fully saturated rings. The van der Waals surface area contributed by atoms with E-state index in [1.807, 2.05) is 0 Å². The monoisotopic (exact) mass is 246 g/mol. The average molecular weight is 246 g/mol. The van der Waals surface area contributed by atoms with Crippen LogP contribution in [0.15, 0.2) is 12.1 Å². The lowest BCUT2D eigenvalue weighted by atomic mass is 9.86. The zero-order valence-corrected chi connectivity index (χ0v) is 11.9. The Bertz CT molecular complexity index is 389. The minimum absolute atomic E-state index is 0.422. The van der Waals surface area contributed by atoms with Gasteiger partial charge in [-0.25, -0.2) is 0 Å². The first-order chi connectivity index (χ1) is 8.56. The summed E-state index contributed by atoms with van der Waals surface area (Å²) in [5.74, 6) is 0.744. The van der Waals surface area contributed by atoms with Gasteiger partial charge in [-0.05, 0) is 57.1 Å². The molecule has 2 nitrogen and oxygen atoms in total. The molecule has 1 aliphatic rings. The molecule has 18 heavy (non-hydrogen) atoms. The topological polar surface area (TPSA) is 38.0 Å². The van der Waals surface area contributed by atoms with Crippen molar-refractivity contribution < 1.29 is 0 Å². The molecule has 0 saturated heterocycles. The Morgan fingerprint density at radius 1 is 1.17 bits per heavy atom. The van der Waals surface area contributed by atoms with Crippen LogP contribution >= 0.6 is 0 Å². The summed E-state index contributed by atoms with van der Waals surface area (Å²) in [7, 11) is 0. The van der Waals surface area contributed by atoms with Crippen molar-refractivity contribution in [2.24, 2.45) is 11.7 Å². The van der Waals surface area contributed by atoms with Crippen LogP contribution < -0.4 is 11.1 Å². The molecule has 1 aliphatic carbocycles. The van der Waals surface area contributed by atoms with Gasteiger partial charge in [0.15, 0.2) is 0 Å². The Labute approximate surface area is 111 Å². The van der Waals surface area contributed by atoms with E-state index in [1.165, 1.54) is 48.1 Å². The molecule has 1 saturated carbocycles. The van der Waals surface area contributed by atoms with E-state index in [4.69, 9.17) is 5.73 Å². The van der Waals surface area contributed by atoms with E-state index < -0.39 is 0 Å². The summed E-state index contributed by atoms with van der Waals surface area (Å²) in [6.07, 6.45) is 5.00. The fourth-order valence-electron chi connectivity index (χ4n) is 3.22. The lowest BCUT2D eigenvalue weighted by Crippen LogP contribution is -2.31. The first-order valence-corrected chi connectivity index (χ1v) is 7.13. The molecule has 1 aromatic carbocycles. The summed E-state index contributed by atoms with van der Waals surface area (Å²) in [4.78, 5) is 0. The fourth-order valence-corrected chi connectivity index (χ4v) is 3.22. The van der Waals surface area contributed by atoms with Crippen molar-refractivity contribution in [1.29, 1.82) is 0 Å². The van der Waals surface area contributed by atoms with Crippen LogP contribution in [0.5, 0.6) is 0 Å². The van der Waals surface area contributed by atoms with Crippen molar-refractivity contribution >= 4 is 5.69 Å². The summed E-state index contributed by atoms with van der Waals surface area (Å²) in [6.45, 7) is 7.60. The minimum atomic E-state index is 0.422. The van der Waals surface area contributed by atoms with Gasteiger partial charge in [0.25, 0.3) is 0 Å². The molecule has 0 aliphatic heterocycles. The lowest BCUT2D eigenvalue weighted by molar-refractivity contribution is 0.335. The second-order valence-electron chi connectivity index (χ2n) is 5.95. The smallest absolute Gasteiger partial charge is 0.0399 e. The Morgan fingerprint density at radius 3 is 2.44 bits per heavy atom. The minimum Gasteiger partial charge on any atom is -0.384 e. The summed E-state index contributed by atoms with van der Waals surface area (Å²) in [5.41, 5.74) is 11.4. The fraction of sp³-hybridized carbons (Fsp3) is 0.625. The molecular formula is C16H26N2. The third-order valence-electron chi connectivity index (χ3n) is 4.07. The van der Waals surface area contributed by atoms with E-state index in [9.17, 15) is 0 Å². The zero-order valence-electron chi connectivity index (χ0n) is 11.9. The predicted octanol–water partition coefficient (Wildman–Crippen LogP) is 3.54. The van der Waals surface area contributed by atoms with Crippen molar-refractivity contribution in [3.8, 4) is 0 Å². The van der Waals surface area contributed by atoms with Gasteiger partial charge in [0.2, 0.25) is 0 Å². The molecule has 3 N–H and O–H groups in total. The quantitative estimate of drug-likeness (QED) is 0.856. The Hall–Kier alpha value is -1.02. The van der Waals surface area contributed by atoms with Crippen molar-refractivity contribution in [3.63, 3.8) is 0 Å². The van der Waals surface area contributed by atoms with E-state index in [-0.39, 0.29) is 0 Å². The van der Waals surface area contributed by atoms with Crippen LogP contribution in [0.1, 0.15) is 42.4 Å². The molecule has 0 radical (unpaired) electrons. The molecule has 100 valence electrons. The largest absolute Gasteiger partial charge is 0.384 e. The van der Waals surface area contributed by atoms with Crippen LogP contribution in [0.4, 0.5) is 5.69 Å². The van der Waals surface area contributed by atoms with Crippen molar-refractivity contribution in [3.05, 3.63) is 28.8 Å². The molecule has 1 aromatic rings. The second kappa shape index (κ2) is 5.75. The first-order valence-electron chi connectivity index (χ1n) is 7.13. The number of anilines is 1. The maximum Gasteiger partial charge on any atom is 0.0399 e. The zero-order chi connectivity index (χ0) is 13.1. The highest BCUT2D eigenvalue weighted by Crippen LogP contribution is 2.26. The SMILES string of the molecule is Cc1cc(C)c(NCC2CCCC(N)C2)c(C)c1. The lowest BCUT2D eigenvalue weighted by Gasteiger charge is -2.27. The molecule has 0 amide bonds. The van der Waals surface area contributed by atoms with E-state index >= 15 is 0 Å². The Balaban J connectivity index is 1.97. The van der Waals surface area contributed by atoms with Gasteiger partial charge in [-0.3, -0.25) is 0 Å². The van der Waals surface area contributed by atoms with Gasteiger partial charge in [-0.2, -0.15) is 0 Å². The molecule has 0 heterocycles. The van der Waals surface area contributed by atoms with Gasteiger partial charge in [0.05, 0.1) is 0 Å². The third-order valence-corrected chi connectivity index (χ3v) is 4.07. The van der Waals surface area contributed by atoms with Crippen molar-refractivity contribution in [1.82, 2.24) is 0 Å². The van der Waals surface area contributed by atoms with Gasteiger partial charge in [-0.1, -0.05) is 24.1 Å². The number of aryl methyl sites for hydroxylation is 3. The van der Waals surface area contributed by atoms with Gasteiger partial charge in [0.1, 0.15) is 0 Å². The van der Waals surface area contributed by atoms with Crippen LogP contribution in [0.3, 0.4) is 0 Å². The van der Waals surface area contributed by atoms with Gasteiger partial charge in [-0.15, -0.1) is 0 Å². The predicted molar refractivity (Wildman–Crippen MR) is 79.1 cm³/mol. The summed E-state index contributed by atoms with van der Waals surface area (Å²) >= 11 is 0. The number of nitrogens with one attached hydrogen (secondary N) is 1. The molecule has 2 rings (SSSR count). The number of hydrogen-bond acceptors (Lipinski definition) is 2. The summed E-state index contributed by atoms with van der Waals surface area (Å²) in [6, 6.07) is 4.93. The molecule has 0 bridgehead atoms. The molecular weight excluding hydrogens is 220 g/mol. The highest BCUT2D eigenvalue weighted by molar-refractivity contribution is 5.58. The van der Waals surface area contributed by atoms with Gasteiger partial charge in [0, 0.05) is 18.3 Å². The molecule has 2 unspecified atom stereocenters. The van der Waals surface area contributed by atoms with Gasteiger partial charge >= 0.3 is 0 Å². The molecule has 2 heteroatoms. The van der Waals surface area contributed by atoms with E-state index in [0.717, 1.165) is 12.5 Å². The number of nitrogens with two attached hydrogens (primary N) is 1. The molecule has 2 atom stereocenters. The highest BCUT2D eigenvalue weighted by Gasteiger charge is 2.19. The van der Waals surface area contributed by atoms with Crippen LogP contribution in [0, 0.1) is 26.7 Å². The highest BCUT2D eigenvalue weighted by atomic mass is 14.9. The van der Waals surface area contributed by atoms with Crippen LogP contribution in [0.2, 0.25) is 0 Å². The molecule has 0 aromatic heterocycles. The number of benzene rings is 1. The van der Waals surface area contributed by atoms with Crippen LogP contribution in [0.25, 0.3) is 0 Å². The van der Waals surface area contributed by atoms with Crippen LogP contribution in [-0.2, 0) is 0 Å². The standard InChI is InChI=1S/C16H26N2/c1-11-7-12(2)16(13(3)8-11)18-10-14-5-4-6-15(17)9-14/h7-8,14-15,18H,4-6,9-10,17H2,1-3H3.